The van der Waals surface area contributed by atoms with Gasteiger partial charge in [-0.2, -0.15) is 0 Å². The van der Waals surface area contributed by atoms with E-state index in [4.69, 9.17) is 10.5 Å². The highest BCUT2D eigenvalue weighted by molar-refractivity contribution is 5.99. The van der Waals surface area contributed by atoms with Crippen LogP contribution in [0.25, 0.3) is 0 Å². The zero-order chi connectivity index (χ0) is 29.5. The minimum Gasteiger partial charge on any atom is -0.444 e. The van der Waals surface area contributed by atoms with E-state index < -0.39 is 11.9 Å². The number of piperazine rings is 1. The van der Waals surface area contributed by atoms with Crippen LogP contribution < -0.4 is 21.3 Å². The lowest BCUT2D eigenvalue weighted by Gasteiger charge is -2.37. The van der Waals surface area contributed by atoms with Crippen molar-refractivity contribution in [1.82, 2.24) is 10.2 Å². The van der Waals surface area contributed by atoms with Crippen LogP contribution in [-0.4, -0.2) is 61.1 Å². The topological polar surface area (TPSA) is 117 Å². The molecule has 42 heavy (non-hydrogen) atoms. The second-order valence-electron chi connectivity index (χ2n) is 10.8. The second-order valence-corrected chi connectivity index (χ2v) is 10.8. The molecule has 10 heteroatoms. The second kappa shape index (κ2) is 13.5. The van der Waals surface area contributed by atoms with Crippen LogP contribution in [-0.2, 0) is 11.3 Å². The Hall–Kier alpha value is -4.44. The van der Waals surface area contributed by atoms with Gasteiger partial charge in [-0.3, -0.25) is 14.9 Å². The lowest BCUT2D eigenvalue weighted by molar-refractivity contribution is 0.0746. The summed E-state index contributed by atoms with van der Waals surface area (Å²) < 4.78 is 18.8. The highest BCUT2D eigenvalue weighted by Gasteiger charge is 2.26. The maximum atomic E-state index is 13.3. The number of hydrogen-bond acceptors (Lipinski definition) is 6. The van der Waals surface area contributed by atoms with Crippen molar-refractivity contribution >= 4 is 29.3 Å². The minimum atomic E-state index is -0.635. The van der Waals surface area contributed by atoms with Crippen molar-refractivity contribution in [2.45, 2.75) is 44.4 Å². The number of rotatable bonds is 7. The zero-order valence-electron chi connectivity index (χ0n) is 23.4. The third-order valence-corrected chi connectivity index (χ3v) is 7.81. The number of ether oxygens (including phenoxy) is 1. The van der Waals surface area contributed by atoms with E-state index in [9.17, 15) is 18.8 Å². The van der Waals surface area contributed by atoms with E-state index in [0.29, 0.717) is 43.0 Å². The quantitative estimate of drug-likeness (QED) is 0.382. The maximum Gasteiger partial charge on any atom is 0.412 e. The van der Waals surface area contributed by atoms with Crippen LogP contribution in [0.1, 0.15) is 52.0 Å². The summed E-state index contributed by atoms with van der Waals surface area (Å²) in [7, 11) is 0. The van der Waals surface area contributed by atoms with Crippen molar-refractivity contribution in [3.05, 3.63) is 95.3 Å². The minimum absolute atomic E-state index is 0.0657. The van der Waals surface area contributed by atoms with Crippen LogP contribution in [0.5, 0.6) is 0 Å². The average molecular weight is 574 g/mol. The first-order chi connectivity index (χ1) is 20.4. The number of amides is 3. The van der Waals surface area contributed by atoms with Crippen LogP contribution in [0.3, 0.4) is 0 Å². The number of nitrogens with zero attached hydrogens (tertiary/aromatic N) is 2. The van der Waals surface area contributed by atoms with Crippen molar-refractivity contribution in [1.29, 1.82) is 0 Å². The lowest BCUT2D eigenvalue weighted by Crippen LogP contribution is -2.49. The summed E-state index contributed by atoms with van der Waals surface area (Å²) in [6.45, 7) is 2.01. The van der Waals surface area contributed by atoms with E-state index >= 15 is 0 Å². The number of hydrogen-bond donors (Lipinski definition) is 3. The molecule has 0 bridgehead atoms. The standard InChI is InChI=1S/C32H36FN5O4/c33-25-9-6-23(7-10-25)31(40)38-18-16-37(17-19-38)29-15-8-24(30(39)35-27-13-11-26(34)12-14-27)20-28(29)36-32(41)42-21-22-4-2-1-3-5-22/h1-10,15,20,26-27H,11-14,16-19,21,34H2,(H,35,39)(H,36,41). The number of nitrogens with one attached hydrogen (secondary N) is 2. The highest BCUT2D eigenvalue weighted by Crippen LogP contribution is 2.29. The molecule has 0 atom stereocenters. The number of anilines is 2. The monoisotopic (exact) mass is 573 g/mol. The fourth-order valence-corrected chi connectivity index (χ4v) is 5.38. The van der Waals surface area contributed by atoms with E-state index in [1.165, 1.54) is 24.3 Å². The van der Waals surface area contributed by atoms with Gasteiger partial charge in [-0.15, -0.1) is 0 Å². The SMILES string of the molecule is NC1CCC(NC(=O)c2ccc(N3CCN(C(=O)c4ccc(F)cc4)CC3)c(NC(=O)OCc3ccccc3)c2)CC1. The Bertz CT molecular complexity index is 1390. The average Bonchev–Trinajstić information content (AvgIpc) is 3.02. The van der Waals surface area contributed by atoms with Gasteiger partial charge >= 0.3 is 6.09 Å². The van der Waals surface area contributed by atoms with Gasteiger partial charge in [-0.05, 0) is 73.7 Å². The van der Waals surface area contributed by atoms with Crippen molar-refractivity contribution in [3.63, 3.8) is 0 Å². The van der Waals surface area contributed by atoms with Gasteiger partial charge in [0.05, 0.1) is 11.4 Å². The fraction of sp³-hybridized carbons (Fsp3) is 0.344. The summed E-state index contributed by atoms with van der Waals surface area (Å²) in [4.78, 5) is 42.7. The normalized spacial score (nSPS) is 18.7. The molecule has 1 aliphatic carbocycles. The first-order valence-corrected chi connectivity index (χ1v) is 14.3. The van der Waals surface area contributed by atoms with E-state index in [0.717, 1.165) is 36.9 Å². The van der Waals surface area contributed by atoms with E-state index in [1.807, 2.05) is 36.4 Å². The predicted octanol–water partition coefficient (Wildman–Crippen LogP) is 4.54. The van der Waals surface area contributed by atoms with Gasteiger partial charge in [0.25, 0.3) is 11.8 Å². The van der Waals surface area contributed by atoms with Crippen molar-refractivity contribution in [2.24, 2.45) is 5.73 Å². The largest absolute Gasteiger partial charge is 0.444 e. The highest BCUT2D eigenvalue weighted by atomic mass is 19.1. The van der Waals surface area contributed by atoms with E-state index in [-0.39, 0.29) is 30.5 Å². The van der Waals surface area contributed by atoms with Crippen molar-refractivity contribution in [2.75, 3.05) is 36.4 Å². The first-order valence-electron chi connectivity index (χ1n) is 14.3. The van der Waals surface area contributed by atoms with Gasteiger partial charge in [0.2, 0.25) is 0 Å². The number of halogens is 1. The van der Waals surface area contributed by atoms with E-state index in [1.54, 1.807) is 17.0 Å². The Kier molecular flexibility index (Phi) is 9.33. The van der Waals surface area contributed by atoms with Gasteiger partial charge in [0.1, 0.15) is 12.4 Å². The number of benzene rings is 3. The number of carbonyl (C=O) groups is 3. The third kappa shape index (κ3) is 7.44. The van der Waals surface area contributed by atoms with Crippen molar-refractivity contribution < 1.29 is 23.5 Å². The summed E-state index contributed by atoms with van der Waals surface area (Å²) in [6, 6.07) is 20.4. The number of carbonyl (C=O) groups excluding carboxylic acids is 3. The van der Waals surface area contributed by atoms with Gasteiger partial charge < -0.3 is 25.6 Å². The van der Waals surface area contributed by atoms with Crippen LogP contribution >= 0.6 is 0 Å². The molecule has 1 heterocycles. The lowest BCUT2D eigenvalue weighted by atomic mass is 9.91. The maximum absolute atomic E-state index is 13.3. The van der Waals surface area contributed by atoms with Crippen LogP contribution in [0.2, 0.25) is 0 Å². The van der Waals surface area contributed by atoms with E-state index in [2.05, 4.69) is 15.5 Å². The molecule has 220 valence electrons. The van der Waals surface area contributed by atoms with Gasteiger partial charge in [0.15, 0.2) is 0 Å². The predicted molar refractivity (Wildman–Crippen MR) is 159 cm³/mol. The van der Waals surface area contributed by atoms with Crippen LogP contribution in [0.4, 0.5) is 20.6 Å². The van der Waals surface area contributed by atoms with Gasteiger partial charge in [0, 0.05) is 49.4 Å². The summed E-state index contributed by atoms with van der Waals surface area (Å²) in [6.07, 6.45) is 2.79. The van der Waals surface area contributed by atoms with Crippen LogP contribution in [0.15, 0.2) is 72.8 Å². The molecule has 1 saturated heterocycles. The molecular formula is C32H36FN5O4. The molecule has 0 aromatic heterocycles. The van der Waals surface area contributed by atoms with Gasteiger partial charge in [-0.1, -0.05) is 30.3 Å². The molecule has 3 amide bonds. The Morgan fingerprint density at radius 1 is 0.857 bits per heavy atom. The molecular weight excluding hydrogens is 537 g/mol. The fourth-order valence-electron chi connectivity index (χ4n) is 5.38. The molecule has 0 spiro atoms. The Morgan fingerprint density at radius 2 is 1.52 bits per heavy atom. The molecule has 1 aliphatic heterocycles. The van der Waals surface area contributed by atoms with Crippen LogP contribution in [0, 0.1) is 5.82 Å². The van der Waals surface area contributed by atoms with Crippen molar-refractivity contribution in [3.8, 4) is 0 Å². The smallest absolute Gasteiger partial charge is 0.412 e. The van der Waals surface area contributed by atoms with Gasteiger partial charge in [-0.25, -0.2) is 9.18 Å². The summed E-state index contributed by atoms with van der Waals surface area (Å²) in [5, 5.41) is 5.93. The Balaban J connectivity index is 1.28. The Labute approximate surface area is 244 Å². The molecule has 5 rings (SSSR count). The molecule has 9 nitrogen and oxygen atoms in total. The molecule has 0 radical (unpaired) electrons. The summed E-state index contributed by atoms with van der Waals surface area (Å²) >= 11 is 0. The molecule has 2 aliphatic rings. The Morgan fingerprint density at radius 3 is 2.21 bits per heavy atom. The number of nitrogens with two attached hydrogens (primary N) is 1. The molecule has 3 aromatic rings. The molecule has 2 fully saturated rings. The first kappa shape index (κ1) is 29.1. The third-order valence-electron chi connectivity index (χ3n) is 7.81. The summed E-state index contributed by atoms with van der Waals surface area (Å²) in [5.74, 6) is -0.760. The summed E-state index contributed by atoms with van der Waals surface area (Å²) in [5.41, 5.74) is 8.90. The molecule has 3 aromatic carbocycles. The molecule has 1 saturated carbocycles. The molecule has 0 unspecified atom stereocenters. The molecule has 4 N–H and O–H groups in total. The zero-order valence-corrected chi connectivity index (χ0v) is 23.4.